The van der Waals surface area contributed by atoms with Crippen LogP contribution in [0.3, 0.4) is 0 Å². The summed E-state index contributed by atoms with van der Waals surface area (Å²) in [6, 6.07) is 0. The van der Waals surface area contributed by atoms with Gasteiger partial charge in [-0.1, -0.05) is 46.4 Å². The van der Waals surface area contributed by atoms with Crippen molar-refractivity contribution in [3.05, 3.63) is 0 Å². The molecule has 0 nitrogen and oxygen atoms in total. The molecule has 0 aromatic rings. The Morgan fingerprint density at radius 2 is 0.714 bits per heavy atom. The smallest absolute Gasteiger partial charge is 0.115 e. The molecular weight excluding hydrogens is 510 g/mol. The molecule has 0 aliphatic heterocycles. The van der Waals surface area contributed by atoms with Crippen LogP contribution in [0.1, 0.15) is 0 Å². The summed E-state index contributed by atoms with van der Waals surface area (Å²) >= 11 is 73.1. The van der Waals surface area contributed by atoms with E-state index in [1.54, 1.807) is 0 Å². The van der Waals surface area contributed by atoms with Crippen molar-refractivity contribution >= 4 is 128 Å². The second-order valence-electron chi connectivity index (χ2n) is 6.35. The first-order valence-corrected chi connectivity index (χ1v) is 9.85. The molecule has 8 atom stereocenters. The summed E-state index contributed by atoms with van der Waals surface area (Å²) in [5.74, 6) is -0.805. The molecule has 0 amide bonds. The fraction of sp³-hybridized carbons (Fsp3) is 1.00. The van der Waals surface area contributed by atoms with Crippen molar-refractivity contribution in [2.45, 2.75) is 42.8 Å². The van der Waals surface area contributed by atoms with Crippen LogP contribution >= 0.6 is 128 Å². The van der Waals surface area contributed by atoms with Crippen molar-refractivity contribution in [3.8, 4) is 0 Å². The highest BCUT2D eigenvalue weighted by Crippen LogP contribution is 3.11. The molecule has 0 N–H and O–H groups in total. The van der Waals surface area contributed by atoms with Gasteiger partial charge in [-0.15, -0.1) is 81.2 Å². The van der Waals surface area contributed by atoms with Crippen LogP contribution < -0.4 is 0 Å². The first-order chi connectivity index (χ1) is 9.12. The van der Waals surface area contributed by atoms with Gasteiger partial charge in [-0.25, -0.2) is 0 Å². The fourth-order valence-electron chi connectivity index (χ4n) is 5.88. The summed E-state index contributed by atoms with van der Waals surface area (Å²) < 4.78 is -3.50. The zero-order valence-electron chi connectivity index (χ0n) is 9.23. The van der Waals surface area contributed by atoms with Gasteiger partial charge >= 0.3 is 0 Å². The van der Waals surface area contributed by atoms with E-state index in [4.69, 9.17) is 128 Å². The van der Waals surface area contributed by atoms with Gasteiger partial charge in [0.25, 0.3) is 0 Å². The highest BCUT2D eigenvalue weighted by Gasteiger charge is 3.28. The molecule has 0 heterocycles. The molecule has 6 rings (SSSR count). The van der Waals surface area contributed by atoms with E-state index in [1.165, 1.54) is 0 Å². The van der Waals surface area contributed by atoms with E-state index in [0.29, 0.717) is 0 Å². The molecule has 6 fully saturated rings. The van der Waals surface area contributed by atoms with Gasteiger partial charge in [0, 0.05) is 5.92 Å². The maximum absolute atomic E-state index is 6.79. The van der Waals surface area contributed by atoms with Crippen LogP contribution in [0.15, 0.2) is 0 Å². The summed E-state index contributed by atoms with van der Waals surface area (Å²) in [5.41, 5.74) is 0. The highest BCUT2D eigenvalue weighted by atomic mass is 35.5. The predicted molar refractivity (Wildman–Crippen MR) is 92.5 cm³/mol. The van der Waals surface area contributed by atoms with Gasteiger partial charge in [0.1, 0.15) is 29.2 Å². The molecule has 0 radical (unpaired) electrons. The molecule has 21 heavy (non-hydrogen) atoms. The van der Waals surface area contributed by atoms with Gasteiger partial charge in [0.2, 0.25) is 0 Å². The molecule has 0 spiro atoms. The SMILES string of the molecule is ClC12C3(Cl)[C@@]4(Cl)C(Cl)(Cl)[C@@]1(Cl)C1C4(Cl)[C@]3(Cl)C(Cl)(Cl)[C@]12Cl. The third kappa shape index (κ3) is 0.721. The number of hydrogen-bond acceptors (Lipinski definition) is 0. The minimum absolute atomic E-state index is 0.805. The van der Waals surface area contributed by atoms with Gasteiger partial charge in [0.05, 0.1) is 4.87 Å². The Balaban J connectivity index is 2.03. The van der Waals surface area contributed by atoms with Gasteiger partial charge in [-0.2, -0.15) is 0 Å². The third-order valence-corrected chi connectivity index (χ3v) is 16.0. The van der Waals surface area contributed by atoms with Gasteiger partial charge in [0.15, 0.2) is 8.67 Å². The molecule has 0 saturated heterocycles. The first-order valence-electron chi connectivity index (χ1n) is 5.69. The van der Waals surface area contributed by atoms with Gasteiger partial charge < -0.3 is 0 Å². The summed E-state index contributed by atoms with van der Waals surface area (Å²) in [6.07, 6.45) is 0. The summed E-state index contributed by atoms with van der Waals surface area (Å²) in [4.78, 5) is -11.0. The number of halogens is 11. The van der Waals surface area contributed by atoms with Crippen molar-refractivity contribution in [1.29, 1.82) is 0 Å². The Morgan fingerprint density at radius 1 is 0.381 bits per heavy atom. The lowest BCUT2D eigenvalue weighted by Gasteiger charge is -2.78. The van der Waals surface area contributed by atoms with Crippen molar-refractivity contribution in [1.82, 2.24) is 0 Å². The Hall–Kier alpha value is 3.19. The van der Waals surface area contributed by atoms with E-state index in [1.807, 2.05) is 0 Å². The van der Waals surface area contributed by atoms with E-state index < -0.39 is 48.7 Å². The predicted octanol–water partition coefficient (Wildman–Crippen LogP) is 5.86. The lowest BCUT2D eigenvalue weighted by Crippen LogP contribution is -2.98. The van der Waals surface area contributed by atoms with Crippen LogP contribution in [0, 0.1) is 5.92 Å². The van der Waals surface area contributed by atoms with E-state index in [-0.39, 0.29) is 0 Å². The van der Waals surface area contributed by atoms with Crippen LogP contribution in [0.4, 0.5) is 0 Å². The minimum atomic E-state index is -1.75. The molecule has 0 aromatic carbocycles. The molecule has 11 heteroatoms. The van der Waals surface area contributed by atoms with Crippen molar-refractivity contribution in [2.24, 2.45) is 5.92 Å². The maximum Gasteiger partial charge on any atom is 0.162 e. The van der Waals surface area contributed by atoms with Gasteiger partial charge in [-0.3, -0.25) is 0 Å². The van der Waals surface area contributed by atoms with Crippen LogP contribution in [-0.2, 0) is 0 Å². The molecule has 4 unspecified atom stereocenters. The molecule has 4 bridgehead atoms. The normalized spacial score (nSPS) is 79.9. The Bertz CT molecular complexity index is 628. The average molecular weight is 511 g/mol. The van der Waals surface area contributed by atoms with E-state index in [0.717, 1.165) is 0 Å². The second-order valence-corrected chi connectivity index (χ2v) is 13.1. The van der Waals surface area contributed by atoms with Crippen LogP contribution in [0.25, 0.3) is 0 Å². The molecule has 6 aliphatic carbocycles. The van der Waals surface area contributed by atoms with Crippen molar-refractivity contribution < 1.29 is 0 Å². The lowest BCUT2D eigenvalue weighted by molar-refractivity contribution is -0.0200. The first kappa shape index (κ1) is 16.4. The Kier molecular flexibility index (Phi) is 2.46. The summed E-state index contributed by atoms with van der Waals surface area (Å²) in [5, 5.41) is 0. The second kappa shape index (κ2) is 3.15. The van der Waals surface area contributed by atoms with Crippen molar-refractivity contribution in [2.75, 3.05) is 0 Å². The van der Waals surface area contributed by atoms with E-state index in [2.05, 4.69) is 0 Å². The van der Waals surface area contributed by atoms with E-state index >= 15 is 0 Å². The Labute approximate surface area is 174 Å². The van der Waals surface area contributed by atoms with Crippen molar-refractivity contribution in [3.63, 3.8) is 0 Å². The van der Waals surface area contributed by atoms with E-state index in [9.17, 15) is 0 Å². The maximum atomic E-state index is 6.79. The summed E-state index contributed by atoms with van der Waals surface area (Å²) in [7, 11) is 0. The molecule has 0 aromatic heterocycles. The lowest BCUT2D eigenvalue weighted by atomic mass is 9.42. The van der Waals surface area contributed by atoms with Crippen LogP contribution in [0.2, 0.25) is 0 Å². The number of hydrogen-bond donors (Lipinski definition) is 0. The largest absolute Gasteiger partial charge is 0.162 e. The summed E-state index contributed by atoms with van der Waals surface area (Å²) in [6.45, 7) is 0. The fourth-order valence-corrected chi connectivity index (χ4v) is 14.8. The Morgan fingerprint density at radius 3 is 1.05 bits per heavy atom. The number of alkyl halides is 11. The third-order valence-electron chi connectivity index (χ3n) is 6.40. The van der Waals surface area contributed by atoms with Crippen LogP contribution in [0.5, 0.6) is 0 Å². The number of rotatable bonds is 0. The average Bonchev–Trinajstić information content (AvgIpc) is 2.59. The minimum Gasteiger partial charge on any atom is -0.115 e. The van der Waals surface area contributed by atoms with Gasteiger partial charge in [-0.05, 0) is 0 Å². The molecule has 118 valence electrons. The molecule has 6 saturated carbocycles. The monoisotopic (exact) mass is 506 g/mol. The standard InChI is InChI=1S/C10HCl11/c11-2-1-3(12)5(14)4(1,13)10(20,21)7(2,16)8(5,17)6(2,15)9(3,18)19/h1H/t1?,2?,3-,4+,5?,6-,7-,8?/m1/s1. The quantitative estimate of drug-likeness (QED) is 0.358. The topological polar surface area (TPSA) is 0 Å². The van der Waals surface area contributed by atoms with Crippen LogP contribution in [-0.4, -0.2) is 42.8 Å². The highest BCUT2D eigenvalue weighted by molar-refractivity contribution is 6.78. The molecule has 6 aliphatic rings. The zero-order valence-corrected chi connectivity index (χ0v) is 17.6. The molecular formula is C10HCl11. The zero-order chi connectivity index (χ0) is 16.1.